The van der Waals surface area contributed by atoms with Gasteiger partial charge in [0.1, 0.15) is 5.69 Å². The van der Waals surface area contributed by atoms with Crippen LogP contribution < -0.4 is 10.6 Å². The largest absolute Gasteiger partial charge is 0.348 e. The molecular weight excluding hydrogens is 252 g/mol. The lowest BCUT2D eigenvalue weighted by molar-refractivity contribution is 0.0932. The number of piperidine rings is 1. The average Bonchev–Trinajstić information content (AvgIpc) is 3.01. The van der Waals surface area contributed by atoms with Crippen LogP contribution in [0.3, 0.4) is 0 Å². The molecule has 0 radical (unpaired) electrons. The summed E-state index contributed by atoms with van der Waals surface area (Å²) < 4.78 is 0. The second kappa shape index (κ2) is 6.31. The highest BCUT2D eigenvalue weighted by Gasteiger charge is 2.20. The quantitative estimate of drug-likeness (QED) is 0.879. The van der Waals surface area contributed by atoms with Crippen molar-refractivity contribution in [1.29, 1.82) is 0 Å². The van der Waals surface area contributed by atoms with Crippen molar-refractivity contribution in [3.63, 3.8) is 0 Å². The second-order valence-corrected chi connectivity index (χ2v) is 5.81. The minimum absolute atomic E-state index is 0.0822. The molecule has 1 aromatic rings. The van der Waals surface area contributed by atoms with Gasteiger partial charge in [-0.3, -0.25) is 9.78 Å². The first-order chi connectivity index (χ1) is 9.83. The molecule has 108 valence electrons. The Hall–Kier alpha value is -1.49. The number of hydrogen-bond donors (Lipinski definition) is 2. The fourth-order valence-corrected chi connectivity index (χ4v) is 3.11. The molecule has 0 bridgehead atoms. The third kappa shape index (κ3) is 3.15. The monoisotopic (exact) mass is 274 g/mol. The lowest BCUT2D eigenvalue weighted by Gasteiger charge is -2.21. The van der Waals surface area contributed by atoms with Crippen molar-refractivity contribution in [2.45, 2.75) is 50.5 Å². The fraction of sp³-hybridized carbons (Fsp3) is 0.667. The normalized spacial score (nSPS) is 21.0. The molecule has 5 heteroatoms. The molecule has 2 fully saturated rings. The van der Waals surface area contributed by atoms with Gasteiger partial charge < -0.3 is 10.6 Å². The first kappa shape index (κ1) is 13.5. The molecule has 2 heterocycles. The molecule has 0 aromatic carbocycles. The smallest absolute Gasteiger partial charge is 0.271 e. The summed E-state index contributed by atoms with van der Waals surface area (Å²) >= 11 is 0. The van der Waals surface area contributed by atoms with E-state index >= 15 is 0 Å². The maximum Gasteiger partial charge on any atom is 0.271 e. The second-order valence-electron chi connectivity index (χ2n) is 5.81. The van der Waals surface area contributed by atoms with Crippen molar-refractivity contribution in [3.05, 3.63) is 23.8 Å². The van der Waals surface area contributed by atoms with Crippen molar-refractivity contribution < 1.29 is 4.79 Å². The van der Waals surface area contributed by atoms with Gasteiger partial charge in [0.2, 0.25) is 0 Å². The highest BCUT2D eigenvalue weighted by molar-refractivity contribution is 5.92. The van der Waals surface area contributed by atoms with Crippen LogP contribution in [0.1, 0.15) is 60.6 Å². The lowest BCUT2D eigenvalue weighted by Crippen LogP contribution is -2.33. The Morgan fingerprint density at radius 3 is 2.50 bits per heavy atom. The van der Waals surface area contributed by atoms with Crippen molar-refractivity contribution in [2.75, 3.05) is 13.1 Å². The summed E-state index contributed by atoms with van der Waals surface area (Å²) in [5, 5.41) is 6.38. The van der Waals surface area contributed by atoms with E-state index in [2.05, 4.69) is 20.6 Å². The summed E-state index contributed by atoms with van der Waals surface area (Å²) in [6.45, 7) is 2.08. The van der Waals surface area contributed by atoms with Crippen LogP contribution in [-0.2, 0) is 0 Å². The van der Waals surface area contributed by atoms with Crippen molar-refractivity contribution in [1.82, 2.24) is 20.6 Å². The van der Waals surface area contributed by atoms with Gasteiger partial charge >= 0.3 is 0 Å². The Bertz CT molecular complexity index is 447. The van der Waals surface area contributed by atoms with Gasteiger partial charge in [0.25, 0.3) is 5.91 Å². The van der Waals surface area contributed by atoms with Gasteiger partial charge in [-0.15, -0.1) is 0 Å². The number of aromatic nitrogens is 2. The van der Waals surface area contributed by atoms with Crippen molar-refractivity contribution in [2.24, 2.45) is 0 Å². The molecular formula is C15H22N4O. The van der Waals surface area contributed by atoms with E-state index in [1.165, 1.54) is 12.8 Å². The Labute approximate surface area is 119 Å². The minimum Gasteiger partial charge on any atom is -0.348 e. The van der Waals surface area contributed by atoms with Gasteiger partial charge in [0.05, 0.1) is 11.9 Å². The molecule has 1 aliphatic carbocycles. The van der Waals surface area contributed by atoms with Crippen molar-refractivity contribution in [3.8, 4) is 0 Å². The molecule has 1 aliphatic heterocycles. The molecule has 2 aliphatic rings. The lowest BCUT2D eigenvalue weighted by atomic mass is 9.95. The van der Waals surface area contributed by atoms with Crippen LogP contribution in [0.4, 0.5) is 0 Å². The standard InChI is InChI=1S/C15H22N4O/c20-15(19-12-3-1-2-4-12)14-10-17-13(9-18-14)11-5-7-16-8-6-11/h9-12,16H,1-8H2,(H,19,20). The van der Waals surface area contributed by atoms with E-state index in [1.807, 2.05) is 0 Å². The summed E-state index contributed by atoms with van der Waals surface area (Å²) in [5.74, 6) is 0.400. The molecule has 0 spiro atoms. The van der Waals surface area contributed by atoms with Gasteiger partial charge in [0.15, 0.2) is 0 Å². The van der Waals surface area contributed by atoms with Crippen LogP contribution in [0.15, 0.2) is 12.4 Å². The molecule has 3 rings (SSSR count). The number of rotatable bonds is 3. The molecule has 1 saturated carbocycles. The van der Waals surface area contributed by atoms with E-state index < -0.39 is 0 Å². The Balaban J connectivity index is 1.61. The van der Waals surface area contributed by atoms with Crippen LogP contribution in [0.2, 0.25) is 0 Å². The Kier molecular flexibility index (Phi) is 4.25. The highest BCUT2D eigenvalue weighted by atomic mass is 16.1. The number of carbonyl (C=O) groups is 1. The Morgan fingerprint density at radius 1 is 1.10 bits per heavy atom. The predicted octanol–water partition coefficient (Wildman–Crippen LogP) is 1.62. The molecule has 2 N–H and O–H groups in total. The van der Waals surface area contributed by atoms with E-state index in [0.717, 1.165) is 44.5 Å². The first-order valence-corrected chi connectivity index (χ1v) is 7.66. The van der Waals surface area contributed by atoms with Crippen LogP contribution >= 0.6 is 0 Å². The molecule has 20 heavy (non-hydrogen) atoms. The van der Waals surface area contributed by atoms with Gasteiger partial charge in [0, 0.05) is 18.2 Å². The van der Waals surface area contributed by atoms with Crippen LogP contribution in [-0.4, -0.2) is 35.0 Å². The number of nitrogens with zero attached hydrogens (tertiary/aromatic N) is 2. The highest BCUT2D eigenvalue weighted by Crippen LogP contribution is 2.22. The van der Waals surface area contributed by atoms with E-state index in [-0.39, 0.29) is 5.91 Å². The maximum atomic E-state index is 12.1. The summed E-state index contributed by atoms with van der Waals surface area (Å²) in [6, 6.07) is 0.327. The first-order valence-electron chi connectivity index (χ1n) is 7.66. The predicted molar refractivity (Wildman–Crippen MR) is 76.6 cm³/mol. The SMILES string of the molecule is O=C(NC1CCCC1)c1cnc(C2CCNCC2)cn1. The van der Waals surface area contributed by atoms with E-state index in [1.54, 1.807) is 12.4 Å². The Morgan fingerprint density at radius 2 is 1.85 bits per heavy atom. The van der Waals surface area contributed by atoms with Gasteiger partial charge in [-0.1, -0.05) is 12.8 Å². The van der Waals surface area contributed by atoms with Gasteiger partial charge in [-0.05, 0) is 38.8 Å². The third-order valence-corrected chi connectivity index (χ3v) is 4.35. The van der Waals surface area contributed by atoms with Crippen LogP contribution in [0.5, 0.6) is 0 Å². The zero-order valence-electron chi connectivity index (χ0n) is 11.8. The molecule has 0 atom stereocenters. The maximum absolute atomic E-state index is 12.1. The number of hydrogen-bond acceptors (Lipinski definition) is 4. The summed E-state index contributed by atoms with van der Waals surface area (Å²) in [4.78, 5) is 20.8. The molecule has 1 amide bonds. The van der Waals surface area contributed by atoms with E-state index in [9.17, 15) is 4.79 Å². The molecule has 1 saturated heterocycles. The summed E-state index contributed by atoms with van der Waals surface area (Å²) in [6.07, 6.45) is 10.2. The van der Waals surface area contributed by atoms with Gasteiger partial charge in [-0.25, -0.2) is 4.98 Å². The number of amides is 1. The zero-order valence-corrected chi connectivity index (χ0v) is 11.8. The van der Waals surface area contributed by atoms with Crippen molar-refractivity contribution >= 4 is 5.91 Å². The number of nitrogens with one attached hydrogen (secondary N) is 2. The zero-order chi connectivity index (χ0) is 13.8. The van der Waals surface area contributed by atoms with Gasteiger partial charge in [-0.2, -0.15) is 0 Å². The average molecular weight is 274 g/mol. The fourth-order valence-electron chi connectivity index (χ4n) is 3.11. The van der Waals surface area contributed by atoms with E-state index in [0.29, 0.717) is 17.7 Å². The van der Waals surface area contributed by atoms with E-state index in [4.69, 9.17) is 0 Å². The summed E-state index contributed by atoms with van der Waals surface area (Å²) in [5.41, 5.74) is 1.46. The van der Waals surface area contributed by atoms with Crippen LogP contribution in [0, 0.1) is 0 Å². The number of carbonyl (C=O) groups excluding carboxylic acids is 1. The minimum atomic E-state index is -0.0822. The topological polar surface area (TPSA) is 66.9 Å². The molecule has 0 unspecified atom stereocenters. The molecule has 5 nitrogen and oxygen atoms in total. The summed E-state index contributed by atoms with van der Waals surface area (Å²) in [7, 11) is 0. The third-order valence-electron chi connectivity index (χ3n) is 4.35. The molecule has 1 aromatic heterocycles. The van der Waals surface area contributed by atoms with Crippen LogP contribution in [0.25, 0.3) is 0 Å².